The summed E-state index contributed by atoms with van der Waals surface area (Å²) in [7, 11) is 0. The minimum absolute atomic E-state index is 0.0520. The van der Waals surface area contributed by atoms with Gasteiger partial charge in [-0.15, -0.1) is 17.8 Å². The number of amides is 1. The number of benzene rings is 2. The third kappa shape index (κ3) is 4.97. The number of aryl methyl sites for hydroxylation is 2. The number of aromatic amines is 1. The van der Waals surface area contributed by atoms with E-state index in [1.54, 1.807) is 30.8 Å². The summed E-state index contributed by atoms with van der Waals surface area (Å²) in [6.45, 7) is 4.52. The molecule has 0 saturated heterocycles. The van der Waals surface area contributed by atoms with Crippen LogP contribution in [-0.2, 0) is 13.1 Å². The van der Waals surface area contributed by atoms with Crippen molar-refractivity contribution < 1.29 is 9.18 Å². The number of hydrogen-bond acceptors (Lipinski definition) is 6. The molecule has 0 unspecified atom stereocenters. The molecule has 4 rings (SSSR count). The van der Waals surface area contributed by atoms with Crippen LogP contribution < -0.4 is 15.8 Å². The van der Waals surface area contributed by atoms with Gasteiger partial charge in [-0.3, -0.25) is 14.6 Å². The molecule has 0 aliphatic rings. The zero-order valence-corrected chi connectivity index (χ0v) is 19.5. The Labute approximate surface area is 199 Å². The Morgan fingerprint density at radius 1 is 1.29 bits per heavy atom. The van der Waals surface area contributed by atoms with Gasteiger partial charge in [0.05, 0.1) is 35.1 Å². The van der Waals surface area contributed by atoms with Crippen LogP contribution in [0.25, 0.3) is 10.9 Å². The van der Waals surface area contributed by atoms with E-state index >= 15 is 0 Å². The highest BCUT2D eigenvalue weighted by atomic mass is 32.1. The lowest BCUT2D eigenvalue weighted by atomic mass is 10.0. The fourth-order valence-electron chi connectivity index (χ4n) is 3.65. The minimum Gasteiger partial charge on any atom is -0.356 e. The molecule has 4 aromatic rings. The summed E-state index contributed by atoms with van der Waals surface area (Å²) in [5.41, 5.74) is 4.35. The summed E-state index contributed by atoms with van der Waals surface area (Å²) < 4.78 is 14.9. The Morgan fingerprint density at radius 2 is 2.12 bits per heavy atom. The maximum Gasteiger partial charge on any atom is 0.258 e. The van der Waals surface area contributed by atoms with E-state index in [9.17, 15) is 14.0 Å². The topological polar surface area (TPSA) is 91.0 Å². The molecular formula is C25H22FN5O2S. The number of halogens is 1. The lowest BCUT2D eigenvalue weighted by Crippen LogP contribution is -2.26. The van der Waals surface area contributed by atoms with Crippen molar-refractivity contribution in [1.82, 2.24) is 20.3 Å². The van der Waals surface area contributed by atoms with Crippen LogP contribution >= 0.6 is 11.3 Å². The zero-order chi connectivity index (χ0) is 24.2. The zero-order valence-electron chi connectivity index (χ0n) is 18.7. The third-order valence-electron chi connectivity index (χ3n) is 5.39. The number of thiazole rings is 1. The van der Waals surface area contributed by atoms with E-state index in [4.69, 9.17) is 6.42 Å². The number of carbonyl (C=O) groups excluding carboxylic acids is 1. The van der Waals surface area contributed by atoms with Crippen LogP contribution in [0.1, 0.15) is 32.2 Å². The highest BCUT2D eigenvalue weighted by molar-refractivity contribution is 7.09. The molecule has 172 valence electrons. The number of nitrogens with one attached hydrogen (secondary N) is 2. The van der Waals surface area contributed by atoms with Crippen LogP contribution in [0.3, 0.4) is 0 Å². The molecule has 7 nitrogen and oxygen atoms in total. The molecule has 0 radical (unpaired) electrons. The van der Waals surface area contributed by atoms with Gasteiger partial charge in [-0.25, -0.2) is 9.37 Å². The number of aromatic nitrogens is 3. The summed E-state index contributed by atoms with van der Waals surface area (Å²) in [6.07, 6.45) is 7.23. The fourth-order valence-corrected chi connectivity index (χ4v) is 4.19. The van der Waals surface area contributed by atoms with Crippen molar-refractivity contribution in [2.24, 2.45) is 0 Å². The number of rotatable bonds is 7. The van der Waals surface area contributed by atoms with E-state index in [2.05, 4.69) is 26.2 Å². The highest BCUT2D eigenvalue weighted by Crippen LogP contribution is 2.24. The molecule has 9 heteroatoms. The number of anilines is 1. The first-order chi connectivity index (χ1) is 16.4. The van der Waals surface area contributed by atoms with E-state index in [0.717, 1.165) is 16.0 Å². The first-order valence-electron chi connectivity index (χ1n) is 10.5. The second kappa shape index (κ2) is 9.85. The molecule has 0 aliphatic heterocycles. The molecule has 1 amide bonds. The molecule has 0 saturated carbocycles. The molecule has 34 heavy (non-hydrogen) atoms. The molecule has 0 spiro atoms. The van der Waals surface area contributed by atoms with Gasteiger partial charge in [-0.1, -0.05) is 5.92 Å². The Bertz CT molecular complexity index is 1460. The van der Waals surface area contributed by atoms with Crippen molar-refractivity contribution in [2.45, 2.75) is 26.9 Å². The van der Waals surface area contributed by atoms with Crippen LogP contribution in [0.5, 0.6) is 0 Å². The van der Waals surface area contributed by atoms with E-state index in [1.807, 2.05) is 17.9 Å². The maximum atomic E-state index is 14.9. The van der Waals surface area contributed by atoms with Crippen molar-refractivity contribution >= 4 is 33.8 Å². The van der Waals surface area contributed by atoms with Gasteiger partial charge >= 0.3 is 0 Å². The summed E-state index contributed by atoms with van der Waals surface area (Å²) in [4.78, 5) is 38.6. The van der Waals surface area contributed by atoms with Crippen molar-refractivity contribution in [3.8, 4) is 12.3 Å². The number of H-pyrrole nitrogens is 1. The smallest absolute Gasteiger partial charge is 0.258 e. The van der Waals surface area contributed by atoms with Gasteiger partial charge in [0.2, 0.25) is 0 Å². The van der Waals surface area contributed by atoms with Crippen LogP contribution in [0.15, 0.2) is 46.8 Å². The summed E-state index contributed by atoms with van der Waals surface area (Å²) in [6, 6.07) is 8.05. The van der Waals surface area contributed by atoms with E-state index < -0.39 is 11.7 Å². The first kappa shape index (κ1) is 23.1. The van der Waals surface area contributed by atoms with Crippen molar-refractivity contribution in [1.29, 1.82) is 0 Å². The molecular weight excluding hydrogens is 453 g/mol. The van der Waals surface area contributed by atoms with Gasteiger partial charge < -0.3 is 15.2 Å². The number of nitrogens with zero attached hydrogens (tertiary/aromatic N) is 3. The summed E-state index contributed by atoms with van der Waals surface area (Å²) in [5.74, 6) is 1.99. The second-order valence-electron chi connectivity index (χ2n) is 7.82. The van der Waals surface area contributed by atoms with Crippen LogP contribution in [0, 0.1) is 32.0 Å². The first-order valence-corrected chi connectivity index (χ1v) is 11.4. The molecule has 2 aromatic carbocycles. The lowest BCUT2D eigenvalue weighted by molar-refractivity contribution is 0.0947. The van der Waals surface area contributed by atoms with E-state index in [-0.39, 0.29) is 24.2 Å². The molecule has 0 fully saturated rings. The van der Waals surface area contributed by atoms with E-state index in [1.165, 1.54) is 23.5 Å². The SMILES string of the molecule is C#CCN(Cc1cc2c(=O)[nH]c(C)nc2cc1C)c1ccc(C(=O)NCc2cncs2)c(F)c1. The van der Waals surface area contributed by atoms with Gasteiger partial charge in [-0.2, -0.15) is 0 Å². The Hall–Kier alpha value is -4.03. The highest BCUT2D eigenvalue weighted by Gasteiger charge is 2.16. The third-order valence-corrected chi connectivity index (χ3v) is 6.17. The lowest BCUT2D eigenvalue weighted by Gasteiger charge is -2.24. The number of fused-ring (bicyclic) bond motifs is 1. The predicted octanol–water partition coefficient (Wildman–Crippen LogP) is 3.71. The van der Waals surface area contributed by atoms with Crippen LogP contribution in [0.4, 0.5) is 10.1 Å². The maximum absolute atomic E-state index is 14.9. The quantitative estimate of drug-likeness (QED) is 0.398. The summed E-state index contributed by atoms with van der Waals surface area (Å²) in [5, 5.41) is 3.17. The molecule has 2 N–H and O–H groups in total. The van der Waals surface area contributed by atoms with Gasteiger partial charge in [0.1, 0.15) is 11.6 Å². The average Bonchev–Trinajstić information content (AvgIpc) is 3.31. The second-order valence-corrected chi connectivity index (χ2v) is 8.79. The number of hydrogen-bond donors (Lipinski definition) is 2. The van der Waals surface area contributed by atoms with Crippen molar-refractivity contribution in [3.63, 3.8) is 0 Å². The largest absolute Gasteiger partial charge is 0.356 e. The predicted molar refractivity (Wildman–Crippen MR) is 131 cm³/mol. The monoisotopic (exact) mass is 475 g/mol. The normalized spacial score (nSPS) is 10.8. The van der Waals surface area contributed by atoms with Gasteiger partial charge in [0, 0.05) is 23.3 Å². The van der Waals surface area contributed by atoms with Crippen LogP contribution in [0.2, 0.25) is 0 Å². The molecule has 2 aromatic heterocycles. The van der Waals surface area contributed by atoms with Crippen LogP contribution in [-0.4, -0.2) is 27.4 Å². The Balaban J connectivity index is 1.58. The standard InChI is InChI=1S/C25H22FN5O2S/c1-4-7-31(13-17-9-21-23(8-15(17)2)29-16(3)30-25(21)33)18-5-6-20(22(26)10-18)24(32)28-12-19-11-27-14-34-19/h1,5-6,8-11,14H,7,12-13H2,2-3H3,(H,28,32)(H,29,30,33). The fraction of sp³-hybridized carbons (Fsp3) is 0.200. The number of carbonyl (C=O) groups is 1. The molecule has 0 atom stereocenters. The number of terminal acetylenes is 1. The van der Waals surface area contributed by atoms with Gasteiger partial charge in [0.15, 0.2) is 0 Å². The molecule has 2 heterocycles. The van der Waals surface area contributed by atoms with Gasteiger partial charge in [-0.05, 0) is 55.3 Å². The Morgan fingerprint density at radius 3 is 2.82 bits per heavy atom. The average molecular weight is 476 g/mol. The van der Waals surface area contributed by atoms with E-state index in [0.29, 0.717) is 29.0 Å². The van der Waals surface area contributed by atoms with Crippen molar-refractivity contribution in [2.75, 3.05) is 11.4 Å². The van der Waals surface area contributed by atoms with Gasteiger partial charge in [0.25, 0.3) is 11.5 Å². The Kier molecular flexibility index (Phi) is 6.70. The summed E-state index contributed by atoms with van der Waals surface area (Å²) >= 11 is 1.41. The molecule has 0 aliphatic carbocycles. The molecule has 0 bridgehead atoms. The minimum atomic E-state index is -0.646. The van der Waals surface area contributed by atoms with Crippen molar-refractivity contribution in [3.05, 3.63) is 85.6 Å².